The lowest BCUT2D eigenvalue weighted by molar-refractivity contribution is -0.145. The van der Waals surface area contributed by atoms with Gasteiger partial charge in [0.1, 0.15) is 24.7 Å². The van der Waals surface area contributed by atoms with E-state index in [0.29, 0.717) is 71.7 Å². The van der Waals surface area contributed by atoms with Gasteiger partial charge in [0.2, 0.25) is 5.91 Å². The summed E-state index contributed by atoms with van der Waals surface area (Å²) in [5.74, 6) is 1.08. The van der Waals surface area contributed by atoms with E-state index in [4.69, 9.17) is 64.2 Å². The number of halogens is 3. The molecule has 0 aliphatic heterocycles. The van der Waals surface area contributed by atoms with Gasteiger partial charge < -0.3 is 34.3 Å². The van der Waals surface area contributed by atoms with E-state index in [1.807, 2.05) is 49.1 Å². The number of carbonyl (C=O) groups is 2. The van der Waals surface area contributed by atoms with Crippen molar-refractivity contribution in [1.82, 2.24) is 4.90 Å². The lowest BCUT2D eigenvalue weighted by atomic mass is 9.97. The van der Waals surface area contributed by atoms with Gasteiger partial charge in [-0.25, -0.2) is 0 Å². The van der Waals surface area contributed by atoms with Crippen LogP contribution in [0.25, 0.3) is 0 Å². The monoisotopic (exact) mass is 774 g/mol. The molecule has 2 aliphatic carbocycles. The second-order valence-corrected chi connectivity index (χ2v) is 14.8. The van der Waals surface area contributed by atoms with Crippen LogP contribution in [0.15, 0.2) is 48.5 Å². The third kappa shape index (κ3) is 11.2. The molecule has 9 nitrogen and oxygen atoms in total. The van der Waals surface area contributed by atoms with Gasteiger partial charge in [0, 0.05) is 38.8 Å². The fourth-order valence-electron chi connectivity index (χ4n) is 6.27. The maximum atomic E-state index is 14.1. The average Bonchev–Trinajstić information content (AvgIpc) is 4.06. The molecule has 3 aromatic carbocycles. The van der Waals surface area contributed by atoms with Gasteiger partial charge in [0.05, 0.1) is 40.1 Å². The Morgan fingerprint density at radius 3 is 2.31 bits per heavy atom. The van der Waals surface area contributed by atoms with Crippen molar-refractivity contribution in [2.45, 2.75) is 65.0 Å². The number of benzene rings is 3. The number of nitrogens with zero attached hydrogens (tertiary/aromatic N) is 1. The second kappa shape index (κ2) is 19.2. The van der Waals surface area contributed by atoms with Crippen LogP contribution in [0, 0.1) is 24.7 Å². The molecular formula is C40H49Cl3N2O7. The first-order valence-corrected chi connectivity index (χ1v) is 19.2. The summed E-state index contributed by atoms with van der Waals surface area (Å²) in [4.78, 5) is 28.2. The minimum atomic E-state index is -0.404. The minimum absolute atomic E-state index is 0.00878. The predicted octanol–water partition coefficient (Wildman–Crippen LogP) is 7.88. The molecule has 52 heavy (non-hydrogen) atoms. The maximum Gasteiger partial charge on any atom is 0.309 e. The molecule has 0 bridgehead atoms. The van der Waals surface area contributed by atoms with E-state index in [9.17, 15) is 9.59 Å². The molecule has 2 N–H and O–H groups in total. The SMILES string of the molecule is CCOC(=O)C1CC1COc1cc(CCCOC)cc(CN(C(=O)C(CN)Cc2ccc(OCCOc3c(Cl)cc(C)cc3Cl)cc2)C2CC2)c1Cl. The fraction of sp³-hybridized carbons (Fsp3) is 0.500. The summed E-state index contributed by atoms with van der Waals surface area (Å²) in [6, 6.07) is 15.4. The average molecular weight is 776 g/mol. The van der Waals surface area contributed by atoms with Gasteiger partial charge in [0.25, 0.3) is 0 Å². The summed E-state index contributed by atoms with van der Waals surface area (Å²) >= 11 is 19.5. The number of esters is 1. The number of rotatable bonds is 21. The number of hydrogen-bond acceptors (Lipinski definition) is 8. The van der Waals surface area contributed by atoms with Crippen LogP contribution in [0.1, 0.15) is 54.9 Å². The van der Waals surface area contributed by atoms with Gasteiger partial charge in [-0.05, 0) is 105 Å². The molecule has 0 aromatic heterocycles. The van der Waals surface area contributed by atoms with Crippen LogP contribution < -0.4 is 19.9 Å². The maximum absolute atomic E-state index is 14.1. The lowest BCUT2D eigenvalue weighted by Gasteiger charge is -2.28. The molecule has 12 heteroatoms. The van der Waals surface area contributed by atoms with Crippen molar-refractivity contribution in [3.8, 4) is 17.2 Å². The summed E-state index contributed by atoms with van der Waals surface area (Å²) in [7, 11) is 1.69. The molecule has 0 saturated heterocycles. The van der Waals surface area contributed by atoms with E-state index < -0.39 is 5.92 Å². The molecule has 3 unspecified atom stereocenters. The molecular weight excluding hydrogens is 727 g/mol. The molecule has 3 atom stereocenters. The first kappa shape index (κ1) is 40.0. The van der Waals surface area contributed by atoms with Gasteiger partial charge in [-0.2, -0.15) is 0 Å². The largest absolute Gasteiger partial charge is 0.492 e. The van der Waals surface area contributed by atoms with E-state index in [1.54, 1.807) is 19.2 Å². The first-order valence-electron chi connectivity index (χ1n) is 18.0. The van der Waals surface area contributed by atoms with Crippen molar-refractivity contribution in [3.05, 3.63) is 85.9 Å². The van der Waals surface area contributed by atoms with Gasteiger partial charge >= 0.3 is 5.97 Å². The summed E-state index contributed by atoms with van der Waals surface area (Å²) in [5, 5.41) is 1.41. The quantitative estimate of drug-likeness (QED) is 0.0861. The first-order chi connectivity index (χ1) is 25.1. The molecule has 1 amide bonds. The zero-order valence-electron chi connectivity index (χ0n) is 30.1. The van der Waals surface area contributed by atoms with E-state index in [-0.39, 0.29) is 42.9 Å². The van der Waals surface area contributed by atoms with Gasteiger partial charge in [-0.1, -0.05) is 53.0 Å². The van der Waals surface area contributed by atoms with Crippen molar-refractivity contribution < 1.29 is 33.3 Å². The molecule has 0 spiro atoms. The highest BCUT2D eigenvalue weighted by Crippen LogP contribution is 2.42. The molecule has 2 aliphatic rings. The number of methoxy groups -OCH3 is 1. The Kier molecular flexibility index (Phi) is 14.8. The van der Waals surface area contributed by atoms with Crippen molar-refractivity contribution in [3.63, 3.8) is 0 Å². The lowest BCUT2D eigenvalue weighted by Crippen LogP contribution is -2.41. The Morgan fingerprint density at radius 1 is 0.942 bits per heavy atom. The number of carbonyl (C=O) groups excluding carboxylic acids is 2. The third-order valence-electron chi connectivity index (χ3n) is 9.34. The van der Waals surface area contributed by atoms with Crippen LogP contribution in [0.3, 0.4) is 0 Å². The fourth-order valence-corrected chi connectivity index (χ4v) is 7.20. The zero-order chi connectivity index (χ0) is 37.2. The van der Waals surface area contributed by atoms with Crippen molar-refractivity contribution >= 4 is 46.7 Å². The normalized spacial score (nSPS) is 17.0. The molecule has 2 fully saturated rings. The number of hydrogen-bond donors (Lipinski definition) is 1. The Bertz CT molecular complexity index is 1640. The second-order valence-electron chi connectivity index (χ2n) is 13.6. The predicted molar refractivity (Wildman–Crippen MR) is 204 cm³/mol. The smallest absolute Gasteiger partial charge is 0.309 e. The summed E-state index contributed by atoms with van der Waals surface area (Å²) in [6.07, 6.45) is 4.72. The van der Waals surface area contributed by atoms with Crippen LogP contribution in [0.4, 0.5) is 0 Å². The van der Waals surface area contributed by atoms with Crippen LogP contribution in [0.5, 0.6) is 17.2 Å². The van der Waals surface area contributed by atoms with Crippen LogP contribution in [-0.2, 0) is 38.4 Å². The number of nitrogens with two attached hydrogens (primary N) is 1. The highest BCUT2D eigenvalue weighted by molar-refractivity contribution is 6.37. The molecule has 5 rings (SSSR count). The summed E-state index contributed by atoms with van der Waals surface area (Å²) in [5.41, 5.74) is 10.1. The minimum Gasteiger partial charge on any atom is -0.492 e. The summed E-state index contributed by atoms with van der Waals surface area (Å²) < 4.78 is 28.3. The topological polar surface area (TPSA) is 110 Å². The van der Waals surface area contributed by atoms with Crippen LogP contribution in [0.2, 0.25) is 15.1 Å². The molecule has 3 aromatic rings. The third-order valence-corrected chi connectivity index (χ3v) is 10.3. The van der Waals surface area contributed by atoms with Crippen molar-refractivity contribution in [2.24, 2.45) is 23.5 Å². The standard InChI is InChI=1S/C40H49Cl3N2O7/c1-4-49-40(47)33-21-30(33)24-52-36-20-27(6-5-13-48-3)19-29(37(36)43)23-45(31-9-10-31)39(46)28(22-44)18-26-7-11-32(12-8-26)50-14-15-51-38-34(41)16-25(2)17-35(38)42/h7-8,11-12,16-17,19-20,28,30-31,33H,4-6,9-10,13-15,18,21-24,44H2,1-3H3. The van der Waals surface area contributed by atoms with E-state index in [1.165, 1.54) is 0 Å². The van der Waals surface area contributed by atoms with Crippen LogP contribution in [-0.4, -0.2) is 69.5 Å². The molecule has 2 saturated carbocycles. The van der Waals surface area contributed by atoms with E-state index in [0.717, 1.165) is 54.4 Å². The van der Waals surface area contributed by atoms with Crippen molar-refractivity contribution in [2.75, 3.05) is 46.7 Å². The number of aryl methyl sites for hydroxylation is 2. The van der Waals surface area contributed by atoms with Crippen molar-refractivity contribution in [1.29, 1.82) is 0 Å². The van der Waals surface area contributed by atoms with E-state index >= 15 is 0 Å². The Balaban J connectivity index is 1.20. The summed E-state index contributed by atoms with van der Waals surface area (Å²) in [6.45, 7) is 6.24. The van der Waals surface area contributed by atoms with E-state index in [2.05, 4.69) is 6.07 Å². The highest BCUT2D eigenvalue weighted by atomic mass is 35.5. The highest BCUT2D eigenvalue weighted by Gasteiger charge is 2.45. The number of ether oxygens (including phenoxy) is 5. The Labute approximate surface area is 321 Å². The van der Waals surface area contributed by atoms with Gasteiger partial charge in [-0.3, -0.25) is 9.59 Å². The molecule has 282 valence electrons. The molecule has 0 heterocycles. The Morgan fingerprint density at radius 2 is 1.65 bits per heavy atom. The van der Waals surface area contributed by atoms with Gasteiger partial charge in [-0.15, -0.1) is 0 Å². The molecule has 0 radical (unpaired) electrons. The van der Waals surface area contributed by atoms with Crippen LogP contribution >= 0.6 is 34.8 Å². The zero-order valence-corrected chi connectivity index (χ0v) is 32.4. The Hall–Kier alpha value is -3.21. The number of amides is 1. The van der Waals surface area contributed by atoms with Gasteiger partial charge in [0.15, 0.2) is 5.75 Å².